The van der Waals surface area contributed by atoms with Gasteiger partial charge in [0.2, 0.25) is 0 Å². The normalized spacial score (nSPS) is 15.9. The van der Waals surface area contributed by atoms with Gasteiger partial charge in [-0.2, -0.15) is 0 Å². The maximum atomic E-state index is 9.90. The molecule has 1 atom stereocenters. The Morgan fingerprint density at radius 1 is 1.23 bits per heavy atom. The minimum absolute atomic E-state index is 0.235. The molecule has 0 radical (unpaired) electrons. The maximum absolute atomic E-state index is 9.90. The summed E-state index contributed by atoms with van der Waals surface area (Å²) in [5.41, 5.74) is -0.920. The van der Waals surface area contributed by atoms with Gasteiger partial charge in [-0.25, -0.2) is 0 Å². The lowest BCUT2D eigenvalue weighted by molar-refractivity contribution is -0.00952. The lowest BCUT2D eigenvalue weighted by Gasteiger charge is -2.40. The number of hydrogen-bond acceptors (Lipinski definition) is 2. The van der Waals surface area contributed by atoms with Crippen molar-refractivity contribution in [2.24, 2.45) is 0 Å². The minimum Gasteiger partial charge on any atom is -0.389 e. The van der Waals surface area contributed by atoms with Crippen LogP contribution in [0.2, 0.25) is 0 Å². The van der Waals surface area contributed by atoms with Crippen molar-refractivity contribution in [3.8, 4) is 0 Å². The average Bonchev–Trinajstić information content (AvgIpc) is 1.83. The summed E-state index contributed by atoms with van der Waals surface area (Å²) in [6, 6.07) is 0.464. The molecule has 1 unspecified atom stereocenters. The molecular weight excluding hydrogens is 162 g/mol. The zero-order chi connectivity index (χ0) is 10.7. The molecule has 0 aromatic rings. The fraction of sp³-hybridized carbons (Fsp3) is 1.00. The van der Waals surface area contributed by atoms with Gasteiger partial charge < -0.3 is 10.4 Å². The van der Waals surface area contributed by atoms with Crippen molar-refractivity contribution in [1.29, 1.82) is 0 Å². The third-order valence-electron chi connectivity index (χ3n) is 2.86. The quantitative estimate of drug-likeness (QED) is 0.692. The predicted molar refractivity (Wildman–Crippen MR) is 57.9 cm³/mol. The van der Waals surface area contributed by atoms with Crippen LogP contribution >= 0.6 is 0 Å². The second-order valence-electron chi connectivity index (χ2n) is 5.02. The summed E-state index contributed by atoms with van der Waals surface area (Å²) in [5, 5.41) is 13.3. The van der Waals surface area contributed by atoms with E-state index in [1.54, 1.807) is 0 Å². The molecule has 0 amide bonds. The second kappa shape index (κ2) is 4.43. The molecular formula is C11H25NO. The van der Waals surface area contributed by atoms with Gasteiger partial charge in [0.1, 0.15) is 0 Å². The molecule has 0 aliphatic heterocycles. The zero-order valence-electron chi connectivity index (χ0n) is 9.94. The largest absolute Gasteiger partial charge is 0.389 e. The fourth-order valence-electron chi connectivity index (χ4n) is 1.30. The summed E-state index contributed by atoms with van der Waals surface area (Å²) in [5.74, 6) is 0. The first kappa shape index (κ1) is 12.9. The minimum atomic E-state index is -0.686. The van der Waals surface area contributed by atoms with E-state index in [0.29, 0.717) is 6.04 Å². The molecule has 0 aliphatic carbocycles. The Morgan fingerprint density at radius 2 is 1.69 bits per heavy atom. The highest BCUT2D eigenvalue weighted by molar-refractivity contribution is 4.94. The summed E-state index contributed by atoms with van der Waals surface area (Å²) in [6.07, 6.45) is 2.33. The third-order valence-corrected chi connectivity index (χ3v) is 2.86. The van der Waals surface area contributed by atoms with Crippen molar-refractivity contribution in [3.05, 3.63) is 0 Å². The van der Waals surface area contributed by atoms with Crippen LogP contribution in [0.15, 0.2) is 0 Å². The van der Waals surface area contributed by atoms with Crippen LogP contribution in [0.3, 0.4) is 0 Å². The lowest BCUT2D eigenvalue weighted by atomic mass is 9.85. The molecule has 2 nitrogen and oxygen atoms in total. The van der Waals surface area contributed by atoms with E-state index in [1.165, 1.54) is 6.42 Å². The van der Waals surface area contributed by atoms with E-state index >= 15 is 0 Å². The van der Waals surface area contributed by atoms with Crippen LogP contribution in [-0.2, 0) is 0 Å². The van der Waals surface area contributed by atoms with E-state index in [0.717, 1.165) is 6.42 Å². The highest BCUT2D eigenvalue weighted by atomic mass is 16.3. The van der Waals surface area contributed by atoms with Gasteiger partial charge in [0, 0.05) is 11.6 Å². The van der Waals surface area contributed by atoms with Gasteiger partial charge in [-0.1, -0.05) is 13.3 Å². The van der Waals surface area contributed by atoms with Crippen molar-refractivity contribution in [2.45, 2.75) is 71.6 Å². The van der Waals surface area contributed by atoms with Crippen molar-refractivity contribution in [2.75, 3.05) is 0 Å². The first-order valence-electron chi connectivity index (χ1n) is 5.20. The van der Waals surface area contributed by atoms with E-state index < -0.39 is 5.60 Å². The van der Waals surface area contributed by atoms with Gasteiger partial charge in [-0.15, -0.1) is 0 Å². The Balaban J connectivity index is 4.17. The van der Waals surface area contributed by atoms with Crippen molar-refractivity contribution < 1.29 is 5.11 Å². The predicted octanol–water partition coefficient (Wildman–Crippen LogP) is 2.31. The van der Waals surface area contributed by atoms with E-state index in [9.17, 15) is 5.11 Å². The van der Waals surface area contributed by atoms with Gasteiger partial charge in [0.25, 0.3) is 0 Å². The number of nitrogens with one attached hydrogen (secondary N) is 1. The Morgan fingerprint density at radius 3 is 2.00 bits per heavy atom. The second-order valence-corrected chi connectivity index (χ2v) is 5.02. The van der Waals surface area contributed by atoms with Crippen LogP contribution in [0.25, 0.3) is 0 Å². The molecule has 0 fully saturated rings. The molecule has 0 aromatic carbocycles. The molecule has 0 aromatic heterocycles. The van der Waals surface area contributed by atoms with Crippen LogP contribution in [0.1, 0.15) is 54.4 Å². The SMILES string of the molecule is CCCC(C)NC(C)(C)C(C)(C)O. The molecule has 80 valence electrons. The van der Waals surface area contributed by atoms with Gasteiger partial charge in [-0.05, 0) is 41.0 Å². The Labute approximate surface area is 82.7 Å². The molecule has 0 rings (SSSR count). The zero-order valence-corrected chi connectivity index (χ0v) is 9.94. The summed E-state index contributed by atoms with van der Waals surface area (Å²) in [4.78, 5) is 0. The molecule has 0 saturated carbocycles. The molecule has 0 spiro atoms. The first-order chi connectivity index (χ1) is 5.70. The van der Waals surface area contributed by atoms with E-state index in [-0.39, 0.29) is 5.54 Å². The molecule has 2 heteroatoms. The summed E-state index contributed by atoms with van der Waals surface area (Å²) >= 11 is 0. The van der Waals surface area contributed by atoms with Crippen LogP contribution in [0.4, 0.5) is 0 Å². The van der Waals surface area contributed by atoms with Gasteiger partial charge in [0.05, 0.1) is 5.60 Å². The smallest absolute Gasteiger partial charge is 0.0767 e. The molecule has 0 aliphatic rings. The van der Waals surface area contributed by atoms with Crippen molar-refractivity contribution >= 4 is 0 Å². The number of hydrogen-bond donors (Lipinski definition) is 2. The molecule has 0 saturated heterocycles. The third kappa shape index (κ3) is 4.10. The molecule has 13 heavy (non-hydrogen) atoms. The maximum Gasteiger partial charge on any atom is 0.0767 e. The summed E-state index contributed by atoms with van der Waals surface area (Å²) < 4.78 is 0. The highest BCUT2D eigenvalue weighted by Gasteiger charge is 2.35. The Kier molecular flexibility index (Phi) is 4.40. The van der Waals surface area contributed by atoms with Crippen molar-refractivity contribution in [1.82, 2.24) is 5.32 Å². The van der Waals surface area contributed by atoms with Crippen LogP contribution in [0, 0.1) is 0 Å². The highest BCUT2D eigenvalue weighted by Crippen LogP contribution is 2.21. The van der Waals surface area contributed by atoms with E-state index in [2.05, 4.69) is 19.2 Å². The van der Waals surface area contributed by atoms with E-state index in [4.69, 9.17) is 0 Å². The first-order valence-corrected chi connectivity index (χ1v) is 5.20. The topological polar surface area (TPSA) is 32.3 Å². The summed E-state index contributed by atoms with van der Waals surface area (Å²) in [7, 11) is 0. The summed E-state index contributed by atoms with van der Waals surface area (Å²) in [6.45, 7) is 12.1. The van der Waals surface area contributed by atoms with Gasteiger partial charge >= 0.3 is 0 Å². The monoisotopic (exact) mass is 187 g/mol. The molecule has 0 bridgehead atoms. The Hall–Kier alpha value is -0.0800. The van der Waals surface area contributed by atoms with Crippen LogP contribution in [0.5, 0.6) is 0 Å². The standard InChI is InChI=1S/C11H25NO/c1-7-8-9(2)12-10(3,4)11(5,6)13/h9,12-13H,7-8H2,1-6H3. The van der Waals surface area contributed by atoms with E-state index in [1.807, 2.05) is 27.7 Å². The fourth-order valence-corrected chi connectivity index (χ4v) is 1.30. The van der Waals surface area contributed by atoms with Gasteiger partial charge in [-0.3, -0.25) is 0 Å². The number of rotatable bonds is 5. The van der Waals surface area contributed by atoms with Gasteiger partial charge in [0.15, 0.2) is 0 Å². The van der Waals surface area contributed by atoms with Crippen LogP contribution < -0.4 is 5.32 Å². The molecule has 0 heterocycles. The molecule has 2 N–H and O–H groups in total. The number of aliphatic hydroxyl groups is 1. The van der Waals surface area contributed by atoms with Crippen LogP contribution in [-0.4, -0.2) is 22.3 Å². The lowest BCUT2D eigenvalue weighted by Crippen LogP contribution is -2.58. The van der Waals surface area contributed by atoms with Crippen molar-refractivity contribution in [3.63, 3.8) is 0 Å². The average molecular weight is 187 g/mol. The Bertz CT molecular complexity index is 147.